The third-order valence-electron chi connectivity index (χ3n) is 5.98. The van der Waals surface area contributed by atoms with E-state index in [2.05, 4.69) is 5.32 Å². The zero-order valence-electron chi connectivity index (χ0n) is 21.3. The van der Waals surface area contributed by atoms with Crippen LogP contribution in [0.3, 0.4) is 0 Å². The highest BCUT2D eigenvalue weighted by atomic mass is 32.1. The topological polar surface area (TPSA) is 95.9 Å². The lowest BCUT2D eigenvalue weighted by Crippen LogP contribution is -2.31. The molecule has 0 spiro atoms. The van der Waals surface area contributed by atoms with Gasteiger partial charge < -0.3 is 19.5 Å². The Hall–Kier alpha value is -4.11. The van der Waals surface area contributed by atoms with E-state index < -0.39 is 18.1 Å². The Morgan fingerprint density at radius 3 is 2.34 bits per heavy atom. The van der Waals surface area contributed by atoms with Gasteiger partial charge in [-0.15, -0.1) is 0 Å². The van der Waals surface area contributed by atoms with Crippen LogP contribution in [0.1, 0.15) is 43.4 Å². The standard InChI is InChI=1S/C29H30N2O6S/c1-3-4-17-36-28(33)30-24(18-27(32)35-2)21-11-15-23(16-12-21)37-22-13-9-20(10-14-22)19-31-25-7-5-6-8-26(25)38-29(31)34/h5-16,24H,3-4,17-19H2,1-2H3,(H,30,33). The number of hydrogen-bond acceptors (Lipinski definition) is 7. The quantitative estimate of drug-likeness (QED) is 0.186. The van der Waals surface area contributed by atoms with Crippen LogP contribution in [0.15, 0.2) is 77.6 Å². The zero-order valence-corrected chi connectivity index (χ0v) is 22.2. The van der Waals surface area contributed by atoms with Gasteiger partial charge in [0, 0.05) is 0 Å². The number of carbonyl (C=O) groups is 2. The average Bonchev–Trinajstić information content (AvgIpc) is 3.24. The Bertz CT molecular complexity index is 1430. The summed E-state index contributed by atoms with van der Waals surface area (Å²) < 4.78 is 18.7. The van der Waals surface area contributed by atoms with Crippen LogP contribution in [0.5, 0.6) is 11.5 Å². The molecule has 0 bridgehead atoms. The summed E-state index contributed by atoms with van der Waals surface area (Å²) in [6.45, 7) is 2.81. The van der Waals surface area contributed by atoms with Crippen molar-refractivity contribution in [2.75, 3.05) is 13.7 Å². The van der Waals surface area contributed by atoms with E-state index in [0.29, 0.717) is 24.7 Å². The maximum atomic E-state index is 12.4. The van der Waals surface area contributed by atoms with E-state index in [-0.39, 0.29) is 11.3 Å². The molecule has 0 saturated heterocycles. The molecule has 4 rings (SSSR count). The maximum Gasteiger partial charge on any atom is 0.407 e. The number of unbranched alkanes of at least 4 members (excludes halogenated alkanes) is 1. The molecule has 3 aromatic carbocycles. The summed E-state index contributed by atoms with van der Waals surface area (Å²) in [6, 6.07) is 21.9. The Labute approximate surface area is 224 Å². The Morgan fingerprint density at radius 1 is 0.974 bits per heavy atom. The van der Waals surface area contributed by atoms with Gasteiger partial charge in [-0.25, -0.2) is 4.79 Å². The molecule has 0 radical (unpaired) electrons. The van der Waals surface area contributed by atoms with E-state index in [1.807, 2.05) is 55.5 Å². The number of nitrogens with one attached hydrogen (secondary N) is 1. The lowest BCUT2D eigenvalue weighted by Gasteiger charge is -2.18. The molecule has 0 aliphatic heterocycles. The van der Waals surface area contributed by atoms with Crippen LogP contribution in [-0.2, 0) is 20.8 Å². The average molecular weight is 535 g/mol. The molecule has 0 aliphatic carbocycles. The van der Waals surface area contributed by atoms with E-state index in [4.69, 9.17) is 14.2 Å². The predicted molar refractivity (Wildman–Crippen MR) is 147 cm³/mol. The van der Waals surface area contributed by atoms with Crippen molar-refractivity contribution in [2.24, 2.45) is 0 Å². The fourth-order valence-corrected chi connectivity index (χ4v) is 4.80. The van der Waals surface area contributed by atoms with Gasteiger partial charge in [-0.3, -0.25) is 14.2 Å². The van der Waals surface area contributed by atoms with Gasteiger partial charge in [-0.2, -0.15) is 0 Å². The minimum absolute atomic E-state index is 0.0147. The van der Waals surface area contributed by atoms with Crippen LogP contribution >= 0.6 is 11.3 Å². The van der Waals surface area contributed by atoms with Crippen LogP contribution in [-0.4, -0.2) is 30.3 Å². The minimum atomic E-state index is -0.596. The SMILES string of the molecule is CCCCOC(=O)NC(CC(=O)OC)c1ccc(Oc2ccc(Cn3c(=O)sc4ccccc43)cc2)cc1. The first-order valence-corrected chi connectivity index (χ1v) is 13.2. The number of ether oxygens (including phenoxy) is 3. The van der Waals surface area contributed by atoms with Gasteiger partial charge in [0.2, 0.25) is 0 Å². The van der Waals surface area contributed by atoms with Crippen LogP contribution in [0.25, 0.3) is 10.2 Å². The van der Waals surface area contributed by atoms with Gasteiger partial charge in [0.15, 0.2) is 0 Å². The second kappa shape index (κ2) is 12.9. The molecule has 1 aromatic heterocycles. The van der Waals surface area contributed by atoms with Crippen molar-refractivity contribution in [2.45, 2.75) is 38.8 Å². The third kappa shape index (κ3) is 7.01. The van der Waals surface area contributed by atoms with Gasteiger partial charge in [-0.1, -0.05) is 61.1 Å². The molecular formula is C29H30N2O6S. The lowest BCUT2D eigenvalue weighted by atomic mass is 10.0. The van der Waals surface area contributed by atoms with E-state index in [1.54, 1.807) is 28.8 Å². The molecule has 0 fully saturated rings. The first kappa shape index (κ1) is 26.9. The van der Waals surface area contributed by atoms with Crippen molar-refractivity contribution in [3.63, 3.8) is 0 Å². The Morgan fingerprint density at radius 2 is 1.66 bits per heavy atom. The molecule has 0 saturated carbocycles. The molecule has 1 unspecified atom stereocenters. The molecule has 1 amide bonds. The molecule has 1 N–H and O–H groups in total. The summed E-state index contributed by atoms with van der Waals surface area (Å²) in [6.07, 6.45) is 1.08. The van der Waals surface area contributed by atoms with Gasteiger partial charge >= 0.3 is 16.9 Å². The highest BCUT2D eigenvalue weighted by Crippen LogP contribution is 2.26. The lowest BCUT2D eigenvalue weighted by molar-refractivity contribution is -0.141. The van der Waals surface area contributed by atoms with Gasteiger partial charge in [-0.05, 0) is 53.9 Å². The fraction of sp³-hybridized carbons (Fsp3) is 0.276. The molecular weight excluding hydrogens is 504 g/mol. The number of aromatic nitrogens is 1. The number of hydrogen-bond donors (Lipinski definition) is 1. The molecule has 198 valence electrons. The van der Waals surface area contributed by atoms with Crippen molar-refractivity contribution in [1.82, 2.24) is 9.88 Å². The largest absolute Gasteiger partial charge is 0.469 e. The molecule has 1 heterocycles. The summed E-state index contributed by atoms with van der Waals surface area (Å²) in [5.74, 6) is 0.804. The van der Waals surface area contributed by atoms with Crippen molar-refractivity contribution in [1.29, 1.82) is 0 Å². The van der Waals surface area contributed by atoms with Crippen LogP contribution < -0.4 is 14.9 Å². The molecule has 38 heavy (non-hydrogen) atoms. The number of esters is 1. The number of para-hydroxylation sites is 1. The summed E-state index contributed by atoms with van der Waals surface area (Å²) in [7, 11) is 1.31. The number of thiazole rings is 1. The van der Waals surface area contributed by atoms with E-state index >= 15 is 0 Å². The second-order valence-electron chi connectivity index (χ2n) is 8.70. The summed E-state index contributed by atoms with van der Waals surface area (Å²) in [5.41, 5.74) is 2.64. The molecule has 0 aliphatic rings. The maximum absolute atomic E-state index is 12.4. The van der Waals surface area contributed by atoms with Gasteiger partial charge in [0.05, 0.1) is 42.9 Å². The van der Waals surface area contributed by atoms with Crippen LogP contribution in [0.4, 0.5) is 4.79 Å². The van der Waals surface area contributed by atoms with Crippen molar-refractivity contribution in [3.05, 3.63) is 93.6 Å². The Balaban J connectivity index is 1.40. The normalized spacial score (nSPS) is 11.6. The number of amides is 1. The smallest absolute Gasteiger partial charge is 0.407 e. The van der Waals surface area contributed by atoms with E-state index in [1.165, 1.54) is 18.4 Å². The number of methoxy groups -OCH3 is 1. The van der Waals surface area contributed by atoms with E-state index in [9.17, 15) is 14.4 Å². The summed E-state index contributed by atoms with van der Waals surface area (Å²) >= 11 is 1.24. The molecule has 1 atom stereocenters. The van der Waals surface area contributed by atoms with E-state index in [0.717, 1.165) is 34.2 Å². The number of carbonyl (C=O) groups excluding carboxylic acids is 2. The second-order valence-corrected chi connectivity index (χ2v) is 9.70. The number of benzene rings is 3. The highest BCUT2D eigenvalue weighted by molar-refractivity contribution is 7.16. The van der Waals surface area contributed by atoms with Crippen molar-refractivity contribution >= 4 is 33.6 Å². The number of rotatable bonds is 11. The number of nitrogens with zero attached hydrogens (tertiary/aromatic N) is 1. The summed E-state index contributed by atoms with van der Waals surface area (Å²) in [5, 5.41) is 2.74. The third-order valence-corrected chi connectivity index (χ3v) is 6.94. The minimum Gasteiger partial charge on any atom is -0.469 e. The van der Waals surface area contributed by atoms with Crippen molar-refractivity contribution in [3.8, 4) is 11.5 Å². The van der Waals surface area contributed by atoms with Crippen LogP contribution in [0.2, 0.25) is 0 Å². The molecule has 9 heteroatoms. The number of alkyl carbamates (subject to hydrolysis) is 1. The number of fused-ring (bicyclic) bond motifs is 1. The Kier molecular flexibility index (Phi) is 9.16. The highest BCUT2D eigenvalue weighted by Gasteiger charge is 2.20. The van der Waals surface area contributed by atoms with Gasteiger partial charge in [0.1, 0.15) is 11.5 Å². The first-order valence-electron chi connectivity index (χ1n) is 12.4. The monoisotopic (exact) mass is 534 g/mol. The van der Waals surface area contributed by atoms with Crippen LogP contribution in [0, 0.1) is 0 Å². The van der Waals surface area contributed by atoms with Gasteiger partial charge in [0.25, 0.3) is 0 Å². The predicted octanol–water partition coefficient (Wildman–Crippen LogP) is 6.03. The molecule has 4 aromatic rings. The zero-order chi connectivity index (χ0) is 26.9. The van der Waals surface area contributed by atoms with Crippen molar-refractivity contribution < 1.29 is 23.8 Å². The molecule has 8 nitrogen and oxygen atoms in total. The fourth-order valence-electron chi connectivity index (χ4n) is 3.91. The summed E-state index contributed by atoms with van der Waals surface area (Å²) in [4.78, 5) is 36.5. The first-order chi connectivity index (χ1) is 18.5.